The summed E-state index contributed by atoms with van der Waals surface area (Å²) in [7, 11) is 0. The summed E-state index contributed by atoms with van der Waals surface area (Å²) in [6.07, 6.45) is 0.138. The Bertz CT molecular complexity index is 584. The second kappa shape index (κ2) is 5.99. The van der Waals surface area contributed by atoms with E-state index >= 15 is 0 Å². The molecule has 1 atom stereocenters. The van der Waals surface area contributed by atoms with E-state index in [4.69, 9.17) is 17.3 Å². The molecule has 0 spiro atoms. The van der Waals surface area contributed by atoms with Crippen LogP contribution in [-0.2, 0) is 6.42 Å². The predicted octanol–water partition coefficient (Wildman–Crippen LogP) is 4.62. The standard InChI is InChI=1S/C14H11BrClF2N/c15-8-4-5-13(18)10(6-8)14(19)7-9-11(16)2-1-3-12(9)17/h1-6,14H,7,19H2. The number of benzene rings is 2. The largest absolute Gasteiger partial charge is 0.324 e. The molecular weight excluding hydrogens is 336 g/mol. The molecule has 2 rings (SSSR count). The molecule has 100 valence electrons. The molecule has 0 radical (unpaired) electrons. The van der Waals surface area contributed by atoms with E-state index in [1.54, 1.807) is 18.2 Å². The molecule has 19 heavy (non-hydrogen) atoms. The van der Waals surface area contributed by atoms with Gasteiger partial charge >= 0.3 is 0 Å². The number of halogens is 4. The first-order chi connectivity index (χ1) is 8.99. The van der Waals surface area contributed by atoms with Crippen LogP contribution in [0.15, 0.2) is 40.9 Å². The van der Waals surface area contributed by atoms with E-state index in [9.17, 15) is 8.78 Å². The number of hydrogen-bond acceptors (Lipinski definition) is 1. The molecule has 0 saturated carbocycles. The third-order valence-electron chi connectivity index (χ3n) is 2.84. The lowest BCUT2D eigenvalue weighted by Crippen LogP contribution is -2.16. The summed E-state index contributed by atoms with van der Waals surface area (Å²) in [5.41, 5.74) is 6.58. The minimum absolute atomic E-state index is 0.138. The van der Waals surface area contributed by atoms with Gasteiger partial charge < -0.3 is 5.73 Å². The SMILES string of the molecule is NC(Cc1c(F)cccc1Cl)c1cc(Br)ccc1F. The smallest absolute Gasteiger partial charge is 0.128 e. The Balaban J connectivity index is 2.31. The van der Waals surface area contributed by atoms with Crippen molar-refractivity contribution in [3.8, 4) is 0 Å². The molecule has 2 N–H and O–H groups in total. The lowest BCUT2D eigenvalue weighted by molar-refractivity contribution is 0.563. The minimum atomic E-state index is -0.660. The Kier molecular flexibility index (Phi) is 4.55. The topological polar surface area (TPSA) is 26.0 Å². The van der Waals surface area contributed by atoms with Gasteiger partial charge in [-0.1, -0.05) is 33.6 Å². The van der Waals surface area contributed by atoms with Gasteiger partial charge in [-0.25, -0.2) is 8.78 Å². The van der Waals surface area contributed by atoms with E-state index in [0.717, 1.165) is 4.47 Å². The van der Waals surface area contributed by atoms with Crippen LogP contribution in [0.4, 0.5) is 8.78 Å². The Morgan fingerprint density at radius 2 is 1.89 bits per heavy atom. The van der Waals surface area contributed by atoms with Gasteiger partial charge in [-0.05, 0) is 36.8 Å². The molecule has 1 unspecified atom stereocenters. The van der Waals surface area contributed by atoms with Crippen molar-refractivity contribution in [2.24, 2.45) is 5.73 Å². The van der Waals surface area contributed by atoms with E-state index in [-0.39, 0.29) is 6.42 Å². The van der Waals surface area contributed by atoms with Crippen LogP contribution in [-0.4, -0.2) is 0 Å². The first-order valence-corrected chi connectivity index (χ1v) is 6.79. The van der Waals surface area contributed by atoms with Crippen LogP contribution in [0.25, 0.3) is 0 Å². The van der Waals surface area contributed by atoms with Gasteiger partial charge in [0.15, 0.2) is 0 Å². The summed E-state index contributed by atoms with van der Waals surface area (Å²) < 4.78 is 28.1. The van der Waals surface area contributed by atoms with Crippen molar-refractivity contribution in [3.63, 3.8) is 0 Å². The summed E-state index contributed by atoms with van der Waals surface area (Å²) in [6.45, 7) is 0. The maximum atomic E-state index is 13.7. The van der Waals surface area contributed by atoms with Crippen LogP contribution in [0.2, 0.25) is 5.02 Å². The number of rotatable bonds is 3. The highest BCUT2D eigenvalue weighted by Gasteiger charge is 2.16. The summed E-state index contributed by atoms with van der Waals surface area (Å²) >= 11 is 9.19. The Morgan fingerprint density at radius 1 is 1.16 bits per heavy atom. The second-order valence-electron chi connectivity index (χ2n) is 4.18. The van der Waals surface area contributed by atoms with Crippen molar-refractivity contribution in [2.75, 3.05) is 0 Å². The highest BCUT2D eigenvalue weighted by atomic mass is 79.9. The fraction of sp³-hybridized carbons (Fsp3) is 0.143. The zero-order valence-corrected chi connectivity index (χ0v) is 12.2. The van der Waals surface area contributed by atoms with Gasteiger partial charge in [0.2, 0.25) is 0 Å². The van der Waals surface area contributed by atoms with Gasteiger partial charge in [0.05, 0.1) is 0 Å². The molecule has 2 aromatic carbocycles. The molecule has 0 fully saturated rings. The normalized spacial score (nSPS) is 12.5. The van der Waals surface area contributed by atoms with E-state index in [1.807, 2.05) is 0 Å². The fourth-order valence-corrected chi connectivity index (χ4v) is 2.47. The van der Waals surface area contributed by atoms with Crippen LogP contribution in [0.1, 0.15) is 17.2 Å². The lowest BCUT2D eigenvalue weighted by Gasteiger charge is -2.15. The van der Waals surface area contributed by atoms with Crippen molar-refractivity contribution < 1.29 is 8.78 Å². The minimum Gasteiger partial charge on any atom is -0.324 e. The first-order valence-electron chi connectivity index (χ1n) is 5.62. The van der Waals surface area contributed by atoms with E-state index in [0.29, 0.717) is 16.1 Å². The van der Waals surface area contributed by atoms with E-state index in [2.05, 4.69) is 15.9 Å². The molecule has 0 heterocycles. The molecule has 0 saturated heterocycles. The Labute approximate surface area is 123 Å². The third kappa shape index (κ3) is 3.32. The first kappa shape index (κ1) is 14.4. The van der Waals surface area contributed by atoms with Gasteiger partial charge in [0.25, 0.3) is 0 Å². The van der Waals surface area contributed by atoms with Crippen LogP contribution < -0.4 is 5.73 Å². The third-order valence-corrected chi connectivity index (χ3v) is 3.69. The van der Waals surface area contributed by atoms with Gasteiger partial charge in [0.1, 0.15) is 11.6 Å². The number of nitrogens with two attached hydrogens (primary N) is 1. The molecule has 0 aliphatic carbocycles. The van der Waals surface area contributed by atoms with E-state index < -0.39 is 17.7 Å². The van der Waals surface area contributed by atoms with Gasteiger partial charge in [-0.15, -0.1) is 0 Å². The summed E-state index contributed by atoms with van der Waals surface area (Å²) in [4.78, 5) is 0. The van der Waals surface area contributed by atoms with Crippen molar-refractivity contribution >= 4 is 27.5 Å². The molecule has 5 heteroatoms. The van der Waals surface area contributed by atoms with Crippen LogP contribution in [0, 0.1) is 11.6 Å². The molecule has 0 aliphatic heterocycles. The second-order valence-corrected chi connectivity index (χ2v) is 5.50. The highest BCUT2D eigenvalue weighted by Crippen LogP contribution is 2.27. The monoisotopic (exact) mass is 345 g/mol. The lowest BCUT2D eigenvalue weighted by atomic mass is 9.99. The molecular formula is C14H11BrClF2N. The maximum Gasteiger partial charge on any atom is 0.128 e. The van der Waals surface area contributed by atoms with Crippen LogP contribution in [0.3, 0.4) is 0 Å². The molecule has 0 aliphatic rings. The van der Waals surface area contributed by atoms with Crippen LogP contribution >= 0.6 is 27.5 Å². The Morgan fingerprint density at radius 3 is 2.58 bits per heavy atom. The molecule has 0 amide bonds. The zero-order chi connectivity index (χ0) is 14.0. The van der Waals surface area contributed by atoms with Gasteiger partial charge in [-0.3, -0.25) is 0 Å². The molecule has 1 nitrogen and oxygen atoms in total. The Hall–Kier alpha value is -0.970. The van der Waals surface area contributed by atoms with Crippen molar-refractivity contribution in [1.29, 1.82) is 0 Å². The molecule has 2 aromatic rings. The average Bonchev–Trinajstić information content (AvgIpc) is 2.37. The van der Waals surface area contributed by atoms with Crippen LogP contribution in [0.5, 0.6) is 0 Å². The predicted molar refractivity (Wildman–Crippen MR) is 76.1 cm³/mol. The summed E-state index contributed by atoms with van der Waals surface area (Å²) in [6, 6.07) is 8.26. The zero-order valence-electron chi connectivity index (χ0n) is 9.84. The maximum absolute atomic E-state index is 13.7. The van der Waals surface area contributed by atoms with Gasteiger partial charge in [0, 0.05) is 26.7 Å². The quantitative estimate of drug-likeness (QED) is 0.862. The fourth-order valence-electron chi connectivity index (χ4n) is 1.86. The molecule has 0 bridgehead atoms. The average molecular weight is 347 g/mol. The van der Waals surface area contributed by atoms with Gasteiger partial charge in [-0.2, -0.15) is 0 Å². The summed E-state index contributed by atoms with van der Waals surface area (Å²) in [5, 5.41) is 0.297. The highest BCUT2D eigenvalue weighted by molar-refractivity contribution is 9.10. The van der Waals surface area contributed by atoms with E-state index in [1.165, 1.54) is 18.2 Å². The van der Waals surface area contributed by atoms with Crippen molar-refractivity contribution in [1.82, 2.24) is 0 Å². The number of hydrogen-bond donors (Lipinski definition) is 1. The molecule has 0 aromatic heterocycles. The summed E-state index contributed by atoms with van der Waals surface area (Å²) in [5.74, 6) is -0.846. The van der Waals surface area contributed by atoms with Crippen molar-refractivity contribution in [3.05, 3.63) is 68.7 Å². The van der Waals surface area contributed by atoms with Crippen molar-refractivity contribution in [2.45, 2.75) is 12.5 Å².